The second kappa shape index (κ2) is 10.4. The van der Waals surface area contributed by atoms with E-state index in [4.69, 9.17) is 9.47 Å². The van der Waals surface area contributed by atoms with Crippen LogP contribution in [0.4, 0.5) is 0 Å². The molecule has 9 heteroatoms. The van der Waals surface area contributed by atoms with Crippen LogP contribution in [-0.2, 0) is 21.4 Å². The lowest BCUT2D eigenvalue weighted by molar-refractivity contribution is -0.121. The highest BCUT2D eigenvalue weighted by atomic mass is 32.2. The monoisotopic (exact) mass is 426 g/mol. The lowest BCUT2D eigenvalue weighted by Crippen LogP contribution is -2.40. The Hall–Kier alpha value is -2.10. The Morgan fingerprint density at radius 1 is 1.11 bits per heavy atom. The van der Waals surface area contributed by atoms with E-state index >= 15 is 0 Å². The number of nitrogens with zero attached hydrogens (tertiary/aromatic N) is 1. The number of ether oxygens (including phenoxy) is 2. The van der Waals surface area contributed by atoms with Gasteiger partial charge in [-0.3, -0.25) is 4.79 Å². The first-order valence-corrected chi connectivity index (χ1v) is 11.4. The van der Waals surface area contributed by atoms with E-state index in [9.17, 15) is 13.2 Å². The van der Waals surface area contributed by atoms with Gasteiger partial charge in [-0.25, -0.2) is 8.42 Å². The maximum absolute atomic E-state index is 13.0. The van der Waals surface area contributed by atoms with Crippen LogP contribution in [-0.4, -0.2) is 44.9 Å². The molecule has 0 spiro atoms. The summed E-state index contributed by atoms with van der Waals surface area (Å²) in [7, 11) is -3.85. The fourth-order valence-corrected chi connectivity index (χ4v) is 4.59. The molecule has 0 fully saturated rings. The molecule has 1 N–H and O–H groups in total. The first-order chi connectivity index (χ1) is 13.4. The number of sulfonamides is 1. The number of thiophene rings is 1. The summed E-state index contributed by atoms with van der Waals surface area (Å²) in [6.45, 7) is 6.48. The molecule has 0 saturated heterocycles. The zero-order valence-electron chi connectivity index (χ0n) is 16.3. The Labute approximate surface area is 170 Å². The highest BCUT2D eigenvalue weighted by Gasteiger charge is 2.26. The van der Waals surface area contributed by atoms with Crippen molar-refractivity contribution in [2.75, 3.05) is 26.3 Å². The average molecular weight is 427 g/mol. The molecule has 7 nitrogen and oxygen atoms in total. The van der Waals surface area contributed by atoms with Crippen molar-refractivity contribution in [1.82, 2.24) is 9.62 Å². The summed E-state index contributed by atoms with van der Waals surface area (Å²) in [5.41, 5.74) is 0. The number of hydrogen-bond donors (Lipinski definition) is 1. The van der Waals surface area contributed by atoms with Crippen LogP contribution in [0.1, 0.15) is 25.6 Å². The van der Waals surface area contributed by atoms with Gasteiger partial charge >= 0.3 is 0 Å². The topological polar surface area (TPSA) is 84.9 Å². The van der Waals surface area contributed by atoms with Crippen LogP contribution in [0, 0.1) is 0 Å². The van der Waals surface area contributed by atoms with Crippen LogP contribution in [0.5, 0.6) is 11.5 Å². The van der Waals surface area contributed by atoms with E-state index in [1.807, 2.05) is 31.4 Å². The molecular formula is C19H26N2O5S2. The maximum atomic E-state index is 13.0. The van der Waals surface area contributed by atoms with Gasteiger partial charge in [-0.2, -0.15) is 4.31 Å². The Bertz CT molecular complexity index is 866. The lowest BCUT2D eigenvalue weighted by Gasteiger charge is -2.21. The summed E-state index contributed by atoms with van der Waals surface area (Å²) < 4.78 is 38.2. The number of carbonyl (C=O) groups is 1. The summed E-state index contributed by atoms with van der Waals surface area (Å²) in [6, 6.07) is 8.29. The number of hydrogen-bond acceptors (Lipinski definition) is 6. The smallest absolute Gasteiger partial charge is 0.243 e. The van der Waals surface area contributed by atoms with Crippen molar-refractivity contribution in [1.29, 1.82) is 0 Å². The largest absolute Gasteiger partial charge is 0.490 e. The van der Waals surface area contributed by atoms with E-state index in [0.29, 0.717) is 31.3 Å². The second-order valence-corrected chi connectivity index (χ2v) is 8.73. The molecule has 0 atom stereocenters. The van der Waals surface area contributed by atoms with Crippen LogP contribution in [0.15, 0.2) is 40.6 Å². The van der Waals surface area contributed by atoms with Crippen molar-refractivity contribution >= 4 is 27.3 Å². The molecule has 0 saturated carbocycles. The van der Waals surface area contributed by atoms with Gasteiger partial charge in [-0.15, -0.1) is 11.3 Å². The van der Waals surface area contributed by atoms with E-state index in [1.54, 1.807) is 13.0 Å². The van der Waals surface area contributed by atoms with E-state index in [1.165, 1.54) is 23.5 Å². The zero-order chi connectivity index (χ0) is 20.6. The Kier molecular flexibility index (Phi) is 8.28. The van der Waals surface area contributed by atoms with E-state index in [0.717, 1.165) is 9.18 Å². The first-order valence-electron chi connectivity index (χ1n) is 9.11. The third-order valence-electron chi connectivity index (χ3n) is 3.87. The predicted octanol–water partition coefficient (Wildman–Crippen LogP) is 2.87. The van der Waals surface area contributed by atoms with Crippen molar-refractivity contribution in [3.63, 3.8) is 0 Å². The molecule has 1 aromatic carbocycles. The Morgan fingerprint density at radius 3 is 2.43 bits per heavy atom. The molecule has 0 unspecified atom stereocenters. The molecule has 0 radical (unpaired) electrons. The van der Waals surface area contributed by atoms with Crippen molar-refractivity contribution in [3.8, 4) is 11.5 Å². The molecule has 1 aromatic heterocycles. The van der Waals surface area contributed by atoms with E-state index in [2.05, 4.69) is 5.32 Å². The van der Waals surface area contributed by atoms with Crippen molar-refractivity contribution in [3.05, 3.63) is 40.6 Å². The molecule has 2 rings (SSSR count). The van der Waals surface area contributed by atoms with Gasteiger partial charge in [-0.1, -0.05) is 13.0 Å². The first kappa shape index (κ1) is 22.2. The normalized spacial score (nSPS) is 11.4. The number of rotatable bonds is 11. The fourth-order valence-electron chi connectivity index (χ4n) is 2.52. The van der Waals surface area contributed by atoms with Crippen molar-refractivity contribution in [2.45, 2.75) is 32.2 Å². The van der Waals surface area contributed by atoms with Gasteiger partial charge in [-0.05, 0) is 37.4 Å². The minimum absolute atomic E-state index is 0.0623. The molecule has 0 aliphatic rings. The predicted molar refractivity (Wildman–Crippen MR) is 109 cm³/mol. The van der Waals surface area contributed by atoms with Gasteiger partial charge in [0.1, 0.15) is 0 Å². The number of benzene rings is 1. The molecule has 1 amide bonds. The molecule has 0 aliphatic carbocycles. The minimum atomic E-state index is -3.85. The van der Waals surface area contributed by atoms with E-state index in [-0.39, 0.29) is 23.9 Å². The SMILES string of the molecule is CCOc1ccc(S(=O)(=O)N(CC)CC(=O)NCc2cccs2)cc1OCC. The highest BCUT2D eigenvalue weighted by molar-refractivity contribution is 7.89. The average Bonchev–Trinajstić information content (AvgIpc) is 3.19. The van der Waals surface area contributed by atoms with Crippen molar-refractivity contribution in [2.24, 2.45) is 0 Å². The highest BCUT2D eigenvalue weighted by Crippen LogP contribution is 2.31. The van der Waals surface area contributed by atoms with Crippen molar-refractivity contribution < 1.29 is 22.7 Å². The van der Waals surface area contributed by atoms with Gasteiger partial charge in [0.2, 0.25) is 15.9 Å². The number of nitrogens with one attached hydrogen (secondary N) is 1. The van der Waals surface area contributed by atoms with Crippen LogP contribution >= 0.6 is 11.3 Å². The molecule has 154 valence electrons. The Balaban J connectivity index is 2.15. The standard InChI is InChI=1S/C19H26N2O5S2/c1-4-21(14-19(22)20-13-15-8-7-11-27-15)28(23,24)16-9-10-17(25-5-2)18(12-16)26-6-3/h7-12H,4-6,13-14H2,1-3H3,(H,20,22). The van der Waals surface area contributed by atoms with E-state index < -0.39 is 10.0 Å². The van der Waals surface area contributed by atoms with Gasteiger partial charge in [0.15, 0.2) is 11.5 Å². The molecule has 2 aromatic rings. The molecule has 0 aliphatic heterocycles. The molecular weight excluding hydrogens is 400 g/mol. The molecule has 1 heterocycles. The second-order valence-electron chi connectivity index (χ2n) is 5.76. The number of amides is 1. The summed E-state index contributed by atoms with van der Waals surface area (Å²) in [5, 5.41) is 4.67. The lowest BCUT2D eigenvalue weighted by atomic mass is 10.3. The van der Waals surface area contributed by atoms with Gasteiger partial charge in [0.25, 0.3) is 0 Å². The van der Waals surface area contributed by atoms with Gasteiger partial charge < -0.3 is 14.8 Å². The quantitative estimate of drug-likeness (QED) is 0.597. The fraction of sp³-hybridized carbons (Fsp3) is 0.421. The summed E-state index contributed by atoms with van der Waals surface area (Å²) in [6.07, 6.45) is 0. The maximum Gasteiger partial charge on any atom is 0.243 e. The molecule has 28 heavy (non-hydrogen) atoms. The van der Waals surface area contributed by atoms with Gasteiger partial charge in [0, 0.05) is 17.5 Å². The van der Waals surface area contributed by atoms with Crippen LogP contribution in [0.25, 0.3) is 0 Å². The van der Waals surface area contributed by atoms with Crippen LogP contribution in [0.2, 0.25) is 0 Å². The minimum Gasteiger partial charge on any atom is -0.490 e. The third-order valence-corrected chi connectivity index (χ3v) is 6.66. The number of likely N-dealkylation sites (N-methyl/N-ethyl adjacent to an activating group) is 1. The summed E-state index contributed by atoms with van der Waals surface area (Å²) in [4.78, 5) is 13.3. The van der Waals surface area contributed by atoms with Crippen LogP contribution in [0.3, 0.4) is 0 Å². The zero-order valence-corrected chi connectivity index (χ0v) is 17.9. The third kappa shape index (κ3) is 5.70. The number of carbonyl (C=O) groups excluding carboxylic acids is 1. The van der Waals surface area contributed by atoms with Gasteiger partial charge in [0.05, 0.1) is 31.2 Å². The summed E-state index contributed by atoms with van der Waals surface area (Å²) >= 11 is 1.53. The van der Waals surface area contributed by atoms with Crippen LogP contribution < -0.4 is 14.8 Å². The molecule has 0 bridgehead atoms. The Morgan fingerprint density at radius 2 is 1.82 bits per heavy atom. The summed E-state index contributed by atoms with van der Waals surface area (Å²) in [5.74, 6) is 0.499.